The van der Waals surface area contributed by atoms with Gasteiger partial charge in [0.15, 0.2) is 6.23 Å². The number of carbonyl (C=O) groups excluding carboxylic acids is 1. The Morgan fingerprint density at radius 1 is 0.941 bits per heavy atom. The van der Waals surface area contributed by atoms with Crippen molar-refractivity contribution in [2.24, 2.45) is 0 Å². The van der Waals surface area contributed by atoms with E-state index < -0.39 is 6.23 Å². The van der Waals surface area contributed by atoms with Crippen molar-refractivity contribution in [2.75, 3.05) is 5.32 Å². The maximum Gasteiger partial charge on any atom is 0.342 e. The first-order valence-corrected chi connectivity index (χ1v) is 5.46. The summed E-state index contributed by atoms with van der Waals surface area (Å²) < 4.78 is 5.35. The van der Waals surface area contributed by atoms with Crippen molar-refractivity contribution in [3.63, 3.8) is 0 Å². The summed E-state index contributed by atoms with van der Waals surface area (Å²) in [5, 5.41) is 3.20. The van der Waals surface area contributed by atoms with E-state index in [9.17, 15) is 4.79 Å². The average Bonchev–Trinajstić information content (AvgIpc) is 2.40. The third-order valence-corrected chi connectivity index (χ3v) is 2.76. The summed E-state index contributed by atoms with van der Waals surface area (Å²) in [5.74, 6) is -0.284. The van der Waals surface area contributed by atoms with Crippen LogP contribution in [0.1, 0.15) is 22.1 Å². The maximum atomic E-state index is 11.8. The summed E-state index contributed by atoms with van der Waals surface area (Å²) in [6.07, 6.45) is -0.404. The van der Waals surface area contributed by atoms with Gasteiger partial charge < -0.3 is 10.1 Å². The van der Waals surface area contributed by atoms with E-state index in [1.807, 2.05) is 48.5 Å². The van der Waals surface area contributed by atoms with E-state index >= 15 is 0 Å². The van der Waals surface area contributed by atoms with Gasteiger partial charge in [-0.25, -0.2) is 4.79 Å². The average molecular weight is 225 g/mol. The predicted molar refractivity (Wildman–Crippen MR) is 64.7 cm³/mol. The second-order valence-electron chi connectivity index (χ2n) is 3.89. The second-order valence-corrected chi connectivity index (χ2v) is 3.89. The van der Waals surface area contributed by atoms with Gasteiger partial charge in [0, 0.05) is 5.56 Å². The van der Waals surface area contributed by atoms with Crippen molar-refractivity contribution >= 4 is 11.7 Å². The van der Waals surface area contributed by atoms with Gasteiger partial charge in [-0.2, -0.15) is 0 Å². The Kier molecular flexibility index (Phi) is 2.29. The molecule has 1 aliphatic rings. The highest BCUT2D eigenvalue weighted by Gasteiger charge is 2.25. The number of anilines is 1. The molecule has 3 heteroatoms. The summed E-state index contributed by atoms with van der Waals surface area (Å²) >= 11 is 0. The molecule has 0 saturated heterocycles. The lowest BCUT2D eigenvalue weighted by atomic mass is 10.1. The van der Waals surface area contributed by atoms with Crippen molar-refractivity contribution in [1.29, 1.82) is 0 Å². The van der Waals surface area contributed by atoms with E-state index in [0.29, 0.717) is 5.56 Å². The molecule has 3 nitrogen and oxygen atoms in total. The number of benzene rings is 2. The smallest absolute Gasteiger partial charge is 0.342 e. The zero-order valence-corrected chi connectivity index (χ0v) is 9.09. The zero-order chi connectivity index (χ0) is 11.7. The molecule has 0 unspecified atom stereocenters. The molecule has 1 aliphatic heterocycles. The number of hydrogen-bond acceptors (Lipinski definition) is 3. The second kappa shape index (κ2) is 3.94. The number of hydrogen-bond donors (Lipinski definition) is 1. The van der Waals surface area contributed by atoms with Crippen LogP contribution in [-0.4, -0.2) is 5.97 Å². The van der Waals surface area contributed by atoms with Crippen LogP contribution in [0.4, 0.5) is 5.69 Å². The minimum atomic E-state index is -0.404. The number of nitrogens with one attached hydrogen (secondary N) is 1. The molecule has 84 valence electrons. The van der Waals surface area contributed by atoms with E-state index in [1.165, 1.54) is 0 Å². The van der Waals surface area contributed by atoms with Gasteiger partial charge in [-0.1, -0.05) is 42.5 Å². The fourth-order valence-corrected chi connectivity index (χ4v) is 1.91. The highest BCUT2D eigenvalue weighted by molar-refractivity contribution is 5.97. The largest absolute Gasteiger partial charge is 0.434 e. The predicted octanol–water partition coefficient (Wildman–Crippen LogP) is 2.97. The minimum absolute atomic E-state index is 0.284. The van der Waals surface area contributed by atoms with Crippen LogP contribution in [0, 0.1) is 0 Å². The summed E-state index contributed by atoms with van der Waals surface area (Å²) in [6.45, 7) is 0. The Labute approximate surface area is 99.0 Å². The Morgan fingerprint density at radius 2 is 1.65 bits per heavy atom. The Morgan fingerprint density at radius 3 is 2.47 bits per heavy atom. The molecular formula is C14H11NO2. The lowest BCUT2D eigenvalue weighted by molar-refractivity contribution is 0.0330. The van der Waals surface area contributed by atoms with Crippen molar-refractivity contribution in [1.82, 2.24) is 0 Å². The van der Waals surface area contributed by atoms with Gasteiger partial charge >= 0.3 is 5.97 Å². The first kappa shape index (κ1) is 9.90. The molecule has 3 rings (SSSR count). The third-order valence-electron chi connectivity index (χ3n) is 2.76. The monoisotopic (exact) mass is 225 g/mol. The summed E-state index contributed by atoms with van der Waals surface area (Å²) in [5.41, 5.74) is 2.34. The van der Waals surface area contributed by atoms with Gasteiger partial charge in [0.25, 0.3) is 0 Å². The van der Waals surface area contributed by atoms with Gasteiger partial charge in [-0.3, -0.25) is 0 Å². The first-order valence-electron chi connectivity index (χ1n) is 5.46. The fraction of sp³-hybridized carbons (Fsp3) is 0.0714. The molecule has 0 aliphatic carbocycles. The van der Waals surface area contributed by atoms with Crippen LogP contribution < -0.4 is 5.32 Å². The molecule has 0 aromatic heterocycles. The molecule has 1 atom stereocenters. The van der Waals surface area contributed by atoms with Gasteiger partial charge in [0.2, 0.25) is 0 Å². The van der Waals surface area contributed by atoms with E-state index in [-0.39, 0.29) is 5.97 Å². The molecular weight excluding hydrogens is 214 g/mol. The zero-order valence-electron chi connectivity index (χ0n) is 9.09. The van der Waals surface area contributed by atoms with Crippen molar-refractivity contribution in [2.45, 2.75) is 6.23 Å². The van der Waals surface area contributed by atoms with E-state index in [1.54, 1.807) is 6.07 Å². The SMILES string of the molecule is O=C1O[C@H](c2ccccc2)Nc2ccccc21. The number of esters is 1. The number of ether oxygens (including phenoxy) is 1. The van der Waals surface area contributed by atoms with Crippen LogP contribution in [0.5, 0.6) is 0 Å². The number of carbonyl (C=O) groups is 1. The van der Waals surface area contributed by atoms with E-state index in [4.69, 9.17) is 4.74 Å². The minimum Gasteiger partial charge on any atom is -0.434 e. The Hall–Kier alpha value is -2.29. The Bertz CT molecular complexity index is 551. The standard InChI is InChI=1S/C14H11NO2/c16-14-11-8-4-5-9-12(11)15-13(17-14)10-6-2-1-3-7-10/h1-9,13,15H/t13-/m1/s1. The molecule has 0 bridgehead atoms. The molecule has 0 amide bonds. The molecule has 0 spiro atoms. The molecule has 0 radical (unpaired) electrons. The maximum absolute atomic E-state index is 11.8. The lowest BCUT2D eigenvalue weighted by Gasteiger charge is -2.26. The molecule has 0 saturated carbocycles. The van der Waals surface area contributed by atoms with Crippen LogP contribution in [-0.2, 0) is 4.74 Å². The highest BCUT2D eigenvalue weighted by atomic mass is 16.6. The fourth-order valence-electron chi connectivity index (χ4n) is 1.91. The van der Waals surface area contributed by atoms with Gasteiger partial charge in [-0.15, -0.1) is 0 Å². The van der Waals surface area contributed by atoms with Gasteiger partial charge in [-0.05, 0) is 12.1 Å². The quantitative estimate of drug-likeness (QED) is 0.758. The van der Waals surface area contributed by atoms with Crippen molar-refractivity contribution < 1.29 is 9.53 Å². The van der Waals surface area contributed by atoms with Crippen molar-refractivity contribution in [3.8, 4) is 0 Å². The van der Waals surface area contributed by atoms with Gasteiger partial charge in [0.1, 0.15) is 0 Å². The lowest BCUT2D eigenvalue weighted by Crippen LogP contribution is -2.25. The molecule has 1 N–H and O–H groups in total. The topological polar surface area (TPSA) is 38.3 Å². The van der Waals surface area contributed by atoms with Crippen LogP contribution in [0.25, 0.3) is 0 Å². The third kappa shape index (κ3) is 1.76. The van der Waals surface area contributed by atoms with Gasteiger partial charge in [0.05, 0.1) is 11.3 Å². The number of fused-ring (bicyclic) bond motifs is 1. The highest BCUT2D eigenvalue weighted by Crippen LogP contribution is 2.29. The van der Waals surface area contributed by atoms with Crippen LogP contribution in [0.15, 0.2) is 54.6 Å². The number of para-hydroxylation sites is 1. The van der Waals surface area contributed by atoms with Crippen molar-refractivity contribution in [3.05, 3.63) is 65.7 Å². The summed E-state index contributed by atoms with van der Waals surface area (Å²) in [4.78, 5) is 11.8. The molecule has 2 aromatic carbocycles. The normalized spacial score (nSPS) is 17.9. The van der Waals surface area contributed by atoms with E-state index in [0.717, 1.165) is 11.3 Å². The molecule has 2 aromatic rings. The Balaban J connectivity index is 1.97. The van der Waals surface area contributed by atoms with E-state index in [2.05, 4.69) is 5.32 Å². The summed E-state index contributed by atoms with van der Waals surface area (Å²) in [7, 11) is 0. The molecule has 17 heavy (non-hydrogen) atoms. The molecule has 1 heterocycles. The van der Waals surface area contributed by atoms with Crippen LogP contribution in [0.2, 0.25) is 0 Å². The first-order chi connectivity index (χ1) is 8.34. The number of cyclic esters (lactones) is 1. The van der Waals surface area contributed by atoms with Crippen LogP contribution >= 0.6 is 0 Å². The number of rotatable bonds is 1. The van der Waals surface area contributed by atoms with Crippen LogP contribution in [0.3, 0.4) is 0 Å². The summed E-state index contributed by atoms with van der Waals surface area (Å²) in [6, 6.07) is 17.0. The molecule has 0 fully saturated rings.